The van der Waals surface area contributed by atoms with E-state index >= 15 is 0 Å². The van der Waals surface area contributed by atoms with Crippen LogP contribution in [0.3, 0.4) is 0 Å². The Labute approximate surface area is 378 Å². The summed E-state index contributed by atoms with van der Waals surface area (Å²) in [6.45, 7) is 0. The van der Waals surface area contributed by atoms with Gasteiger partial charge in [-0.25, -0.2) is 0 Å². The highest BCUT2D eigenvalue weighted by atomic mass is 16.3. The van der Waals surface area contributed by atoms with Gasteiger partial charge in [-0.05, 0) is 86.9 Å². The van der Waals surface area contributed by atoms with Gasteiger partial charge in [0.25, 0.3) is 0 Å². The van der Waals surface area contributed by atoms with Crippen LogP contribution in [0.5, 0.6) is 0 Å². The Morgan fingerprint density at radius 1 is 0.277 bits per heavy atom. The monoisotopic (exact) mass is 830 g/mol. The summed E-state index contributed by atoms with van der Waals surface area (Å²) < 4.78 is 7.20. The van der Waals surface area contributed by atoms with Gasteiger partial charge in [-0.3, -0.25) is 0 Å². The summed E-state index contributed by atoms with van der Waals surface area (Å²) in [7, 11) is 0. The average Bonchev–Trinajstić information content (AvgIpc) is 3.77. The molecule has 1 heterocycles. The molecule has 0 saturated heterocycles. The normalized spacial score (nSPS) is 11.4. The molecule has 0 amide bonds. The zero-order valence-corrected chi connectivity index (χ0v) is 35.6. The summed E-state index contributed by atoms with van der Waals surface area (Å²) in [4.78, 5) is 4.83. The Hall–Kier alpha value is -8.66. The lowest BCUT2D eigenvalue weighted by molar-refractivity contribution is 0.673. The van der Waals surface area contributed by atoms with Gasteiger partial charge in [-0.1, -0.05) is 200 Å². The van der Waals surface area contributed by atoms with Crippen LogP contribution in [-0.4, -0.2) is 0 Å². The van der Waals surface area contributed by atoms with Crippen LogP contribution in [0.2, 0.25) is 0 Å². The van der Waals surface area contributed by atoms with Crippen LogP contribution >= 0.6 is 0 Å². The Morgan fingerprint density at radius 3 is 1.54 bits per heavy atom. The first-order chi connectivity index (χ1) is 32.3. The maximum absolute atomic E-state index is 7.20. The van der Waals surface area contributed by atoms with Gasteiger partial charge in [0.1, 0.15) is 11.2 Å². The second-order valence-corrected chi connectivity index (χ2v) is 16.4. The van der Waals surface area contributed by atoms with E-state index in [1.165, 1.54) is 21.9 Å². The first-order valence-electron chi connectivity index (χ1n) is 22.2. The quantitative estimate of drug-likeness (QED) is 0.144. The van der Waals surface area contributed by atoms with Gasteiger partial charge in [-0.15, -0.1) is 0 Å². The number of nitrogens with zero attached hydrogens (tertiary/aromatic N) is 2. The van der Waals surface area contributed by atoms with E-state index in [0.717, 1.165) is 89.1 Å². The van der Waals surface area contributed by atoms with Crippen molar-refractivity contribution in [3.8, 4) is 33.4 Å². The summed E-state index contributed by atoms with van der Waals surface area (Å²) in [6, 6.07) is 91.3. The average molecular weight is 831 g/mol. The number of hydrogen-bond donors (Lipinski definition) is 0. The molecule has 0 atom stereocenters. The van der Waals surface area contributed by atoms with Crippen molar-refractivity contribution in [1.29, 1.82) is 0 Å². The summed E-state index contributed by atoms with van der Waals surface area (Å²) in [6.07, 6.45) is 0. The molecule has 0 radical (unpaired) electrons. The molecule has 0 N–H and O–H groups in total. The van der Waals surface area contributed by atoms with Crippen molar-refractivity contribution in [2.75, 3.05) is 9.80 Å². The topological polar surface area (TPSA) is 19.6 Å². The third kappa shape index (κ3) is 6.78. The molecule has 3 heteroatoms. The predicted octanol–water partition coefficient (Wildman–Crippen LogP) is 17.8. The lowest BCUT2D eigenvalue weighted by atomic mass is 9.95. The fourth-order valence-corrected chi connectivity index (χ4v) is 9.64. The molecule has 0 spiro atoms. The highest BCUT2D eigenvalue weighted by Crippen LogP contribution is 2.51. The lowest BCUT2D eigenvalue weighted by Crippen LogP contribution is -2.15. The Balaban J connectivity index is 1.18. The Bertz CT molecular complexity index is 3650. The van der Waals surface area contributed by atoms with Crippen molar-refractivity contribution < 1.29 is 4.42 Å². The highest BCUT2D eigenvalue weighted by Gasteiger charge is 2.27. The van der Waals surface area contributed by atoms with Crippen LogP contribution in [0.4, 0.5) is 34.1 Å². The second kappa shape index (κ2) is 16.2. The minimum atomic E-state index is 0.801. The van der Waals surface area contributed by atoms with Crippen molar-refractivity contribution in [3.63, 3.8) is 0 Å². The van der Waals surface area contributed by atoms with E-state index in [9.17, 15) is 0 Å². The maximum atomic E-state index is 7.20. The molecule has 306 valence electrons. The zero-order valence-electron chi connectivity index (χ0n) is 35.6. The van der Waals surface area contributed by atoms with Gasteiger partial charge in [0.15, 0.2) is 0 Å². The molecule has 0 aliphatic rings. The third-order valence-electron chi connectivity index (χ3n) is 12.6. The van der Waals surface area contributed by atoms with Gasteiger partial charge >= 0.3 is 0 Å². The smallest absolute Gasteiger partial charge is 0.143 e. The molecule has 12 rings (SSSR count). The van der Waals surface area contributed by atoms with Crippen molar-refractivity contribution in [2.45, 2.75) is 0 Å². The molecule has 0 aliphatic carbocycles. The summed E-state index contributed by atoms with van der Waals surface area (Å²) in [5.74, 6) is 0. The summed E-state index contributed by atoms with van der Waals surface area (Å²) in [5, 5.41) is 6.73. The largest absolute Gasteiger partial charge is 0.455 e. The molecule has 12 aromatic rings. The molecule has 0 saturated carbocycles. The van der Waals surface area contributed by atoms with Gasteiger partial charge in [0.2, 0.25) is 0 Å². The molecular weight excluding hydrogens is 789 g/mol. The number of rotatable bonds is 9. The van der Waals surface area contributed by atoms with Crippen LogP contribution in [0.1, 0.15) is 0 Å². The van der Waals surface area contributed by atoms with Crippen molar-refractivity contribution in [3.05, 3.63) is 255 Å². The van der Waals surface area contributed by atoms with E-state index in [1.54, 1.807) is 0 Å². The van der Waals surface area contributed by atoms with Crippen LogP contribution in [0, 0.1) is 0 Å². The van der Waals surface area contributed by atoms with Gasteiger partial charge in [-0.2, -0.15) is 0 Å². The van der Waals surface area contributed by atoms with Crippen LogP contribution < -0.4 is 9.80 Å². The van der Waals surface area contributed by atoms with Crippen LogP contribution in [0.15, 0.2) is 259 Å². The standard InChI is InChI=1S/C62H42N2O/c1-4-19-43(20-5-1)44-35-38-49(39-36-44)63(57-33-16-14-29-52(57)46-21-6-2-7-22-46)50-41-59(61-56-40-37-47-24-11-13-30-53(47)62(56)65-60(61)42-50)64(48-26-8-3-9-27-48)58-34-17-15-31-55(58)54-32-18-25-45-23-10-12-28-51(45)54/h1-42H. The molecule has 0 bridgehead atoms. The predicted molar refractivity (Wildman–Crippen MR) is 274 cm³/mol. The first-order valence-corrected chi connectivity index (χ1v) is 22.2. The zero-order chi connectivity index (χ0) is 43.1. The molecule has 65 heavy (non-hydrogen) atoms. The number of hydrogen-bond acceptors (Lipinski definition) is 3. The third-order valence-corrected chi connectivity index (χ3v) is 12.6. The Kier molecular flexibility index (Phi) is 9.50. The molecule has 0 unspecified atom stereocenters. The van der Waals surface area contributed by atoms with E-state index in [4.69, 9.17) is 4.42 Å². The number of furan rings is 1. The minimum absolute atomic E-state index is 0.801. The SMILES string of the molecule is c1ccc(-c2ccc(N(c3cc(N(c4ccccc4)c4ccccc4-c4cccc5ccccc45)c4c(c3)oc3c5ccccc5ccc34)c3ccccc3-c3ccccc3)cc2)cc1. The van der Waals surface area contributed by atoms with E-state index in [-0.39, 0.29) is 0 Å². The molecule has 3 nitrogen and oxygen atoms in total. The van der Waals surface area contributed by atoms with E-state index in [1.807, 2.05) is 0 Å². The van der Waals surface area contributed by atoms with E-state index < -0.39 is 0 Å². The van der Waals surface area contributed by atoms with Crippen molar-refractivity contribution in [1.82, 2.24) is 0 Å². The first kappa shape index (κ1) is 38.0. The number of benzene rings is 11. The second-order valence-electron chi connectivity index (χ2n) is 16.4. The van der Waals surface area contributed by atoms with Gasteiger partial charge < -0.3 is 14.2 Å². The van der Waals surface area contributed by atoms with Crippen LogP contribution in [0.25, 0.3) is 76.9 Å². The number of anilines is 6. The van der Waals surface area contributed by atoms with Gasteiger partial charge in [0, 0.05) is 39.3 Å². The molecule has 11 aromatic carbocycles. The highest BCUT2D eigenvalue weighted by molar-refractivity contribution is 6.21. The van der Waals surface area contributed by atoms with E-state index in [2.05, 4.69) is 265 Å². The molecular formula is C62H42N2O. The van der Waals surface area contributed by atoms with Crippen molar-refractivity contribution >= 4 is 77.6 Å². The summed E-state index contributed by atoms with van der Waals surface area (Å²) in [5.41, 5.74) is 14.7. The fourth-order valence-electron chi connectivity index (χ4n) is 9.64. The molecule has 0 fully saturated rings. The molecule has 1 aromatic heterocycles. The Morgan fingerprint density at radius 2 is 0.800 bits per heavy atom. The lowest BCUT2D eigenvalue weighted by Gasteiger charge is -2.32. The van der Waals surface area contributed by atoms with E-state index in [0.29, 0.717) is 0 Å². The fraction of sp³-hybridized carbons (Fsp3) is 0. The molecule has 0 aliphatic heterocycles. The van der Waals surface area contributed by atoms with Gasteiger partial charge in [0.05, 0.1) is 28.1 Å². The van der Waals surface area contributed by atoms with Crippen molar-refractivity contribution in [2.24, 2.45) is 0 Å². The summed E-state index contributed by atoms with van der Waals surface area (Å²) >= 11 is 0. The number of fused-ring (bicyclic) bond motifs is 6. The number of para-hydroxylation sites is 3. The minimum Gasteiger partial charge on any atom is -0.455 e. The van der Waals surface area contributed by atoms with Crippen LogP contribution in [-0.2, 0) is 0 Å². The maximum Gasteiger partial charge on any atom is 0.143 e.